The highest BCUT2D eigenvalue weighted by Crippen LogP contribution is 2.54. The standard InChI is InChI=1S/C27H30O/c1-19-18-23(28-22-14-10-7-11-15-22)20(2)25-24(19)26(3,4)16-17-27(25,5)21-12-8-6-9-13-21/h6-20H,1-5H3. The second-order valence-corrected chi connectivity index (χ2v) is 8.95. The molecule has 0 aliphatic heterocycles. The lowest BCUT2D eigenvalue weighted by atomic mass is 9.57. The van der Waals surface area contributed by atoms with Crippen molar-refractivity contribution in [3.05, 3.63) is 101 Å². The Morgan fingerprint density at radius 1 is 0.750 bits per heavy atom. The Balaban J connectivity index is 1.82. The monoisotopic (exact) mass is 370 g/mol. The zero-order chi connectivity index (χ0) is 19.9. The molecule has 0 aromatic heterocycles. The normalized spacial score (nSPS) is 28.5. The minimum absolute atomic E-state index is 0.0477. The van der Waals surface area contributed by atoms with E-state index in [1.165, 1.54) is 16.7 Å². The molecule has 0 bridgehead atoms. The van der Waals surface area contributed by atoms with Crippen LogP contribution >= 0.6 is 0 Å². The predicted molar refractivity (Wildman–Crippen MR) is 117 cm³/mol. The smallest absolute Gasteiger partial charge is 0.126 e. The highest BCUT2D eigenvalue weighted by Gasteiger charge is 2.45. The fraction of sp³-hybridized carbons (Fsp3) is 0.333. The van der Waals surface area contributed by atoms with Gasteiger partial charge in [-0.25, -0.2) is 0 Å². The van der Waals surface area contributed by atoms with Gasteiger partial charge >= 0.3 is 0 Å². The van der Waals surface area contributed by atoms with E-state index >= 15 is 0 Å². The average Bonchev–Trinajstić information content (AvgIpc) is 2.69. The van der Waals surface area contributed by atoms with E-state index in [0.29, 0.717) is 5.92 Å². The van der Waals surface area contributed by atoms with Crippen LogP contribution < -0.4 is 4.74 Å². The summed E-state index contributed by atoms with van der Waals surface area (Å²) in [6, 6.07) is 21.0. The Morgan fingerprint density at radius 2 is 1.36 bits per heavy atom. The van der Waals surface area contributed by atoms with E-state index in [-0.39, 0.29) is 16.7 Å². The Kier molecular flexibility index (Phi) is 4.57. The van der Waals surface area contributed by atoms with Crippen LogP contribution in [-0.2, 0) is 5.41 Å². The molecule has 2 aliphatic rings. The van der Waals surface area contributed by atoms with Gasteiger partial charge in [0.15, 0.2) is 0 Å². The van der Waals surface area contributed by atoms with Crippen LogP contribution in [0.15, 0.2) is 95.8 Å². The molecule has 28 heavy (non-hydrogen) atoms. The van der Waals surface area contributed by atoms with Gasteiger partial charge in [-0.2, -0.15) is 0 Å². The molecule has 0 radical (unpaired) electrons. The molecular formula is C27H30O. The Bertz CT molecular complexity index is 946. The molecule has 0 N–H and O–H groups in total. The van der Waals surface area contributed by atoms with Gasteiger partial charge in [0.2, 0.25) is 0 Å². The maximum absolute atomic E-state index is 6.39. The van der Waals surface area contributed by atoms with Crippen molar-refractivity contribution in [2.75, 3.05) is 0 Å². The SMILES string of the molecule is CC1C=C(Oc2ccccc2)C(C)C2=C1C(C)(C)C=CC2(C)c1ccccc1. The van der Waals surface area contributed by atoms with Gasteiger partial charge in [0, 0.05) is 16.7 Å². The molecule has 0 heterocycles. The summed E-state index contributed by atoms with van der Waals surface area (Å²) in [5, 5.41) is 0. The van der Waals surface area contributed by atoms with Gasteiger partial charge in [-0.1, -0.05) is 94.0 Å². The highest BCUT2D eigenvalue weighted by molar-refractivity contribution is 5.54. The fourth-order valence-corrected chi connectivity index (χ4v) is 5.10. The van der Waals surface area contributed by atoms with Crippen molar-refractivity contribution < 1.29 is 4.74 Å². The Hall–Kier alpha value is -2.54. The second-order valence-electron chi connectivity index (χ2n) is 8.95. The molecule has 144 valence electrons. The van der Waals surface area contributed by atoms with Crippen LogP contribution in [0.1, 0.15) is 40.2 Å². The zero-order valence-electron chi connectivity index (χ0n) is 17.6. The molecular weight excluding hydrogens is 340 g/mol. The van der Waals surface area contributed by atoms with Gasteiger partial charge in [0.1, 0.15) is 11.5 Å². The fourth-order valence-electron chi connectivity index (χ4n) is 5.10. The number of hydrogen-bond donors (Lipinski definition) is 0. The molecule has 2 aromatic rings. The minimum Gasteiger partial charge on any atom is -0.461 e. The van der Waals surface area contributed by atoms with Gasteiger partial charge in [-0.05, 0) is 42.2 Å². The van der Waals surface area contributed by atoms with Crippen molar-refractivity contribution in [3.8, 4) is 5.75 Å². The summed E-state index contributed by atoms with van der Waals surface area (Å²) in [6.07, 6.45) is 7.14. The Morgan fingerprint density at radius 3 is 2.00 bits per heavy atom. The van der Waals surface area contributed by atoms with Gasteiger partial charge in [0.25, 0.3) is 0 Å². The molecule has 0 saturated heterocycles. The van der Waals surface area contributed by atoms with E-state index in [1.54, 1.807) is 0 Å². The number of hydrogen-bond acceptors (Lipinski definition) is 1. The highest BCUT2D eigenvalue weighted by atomic mass is 16.5. The molecule has 0 saturated carbocycles. The lowest BCUT2D eigenvalue weighted by molar-refractivity contribution is 0.332. The molecule has 0 amide bonds. The second kappa shape index (κ2) is 6.81. The summed E-state index contributed by atoms with van der Waals surface area (Å²) in [5.74, 6) is 2.53. The van der Waals surface area contributed by atoms with E-state index in [4.69, 9.17) is 4.74 Å². The van der Waals surface area contributed by atoms with Gasteiger partial charge < -0.3 is 4.74 Å². The number of ether oxygens (including phenoxy) is 1. The largest absolute Gasteiger partial charge is 0.461 e. The van der Waals surface area contributed by atoms with Crippen molar-refractivity contribution in [3.63, 3.8) is 0 Å². The third-order valence-corrected chi connectivity index (χ3v) is 6.46. The van der Waals surface area contributed by atoms with Crippen LogP contribution in [0.25, 0.3) is 0 Å². The summed E-state index contributed by atoms with van der Waals surface area (Å²) in [5.41, 5.74) is 4.29. The predicted octanol–water partition coefficient (Wildman–Crippen LogP) is 7.09. The summed E-state index contributed by atoms with van der Waals surface area (Å²) in [4.78, 5) is 0. The topological polar surface area (TPSA) is 9.23 Å². The summed E-state index contributed by atoms with van der Waals surface area (Å²) in [6.45, 7) is 11.6. The third kappa shape index (κ3) is 3.03. The maximum Gasteiger partial charge on any atom is 0.126 e. The minimum atomic E-state index is -0.126. The van der Waals surface area contributed by atoms with Crippen LogP contribution in [0.2, 0.25) is 0 Å². The molecule has 1 nitrogen and oxygen atoms in total. The number of rotatable bonds is 3. The van der Waals surface area contributed by atoms with E-state index in [0.717, 1.165) is 11.5 Å². The van der Waals surface area contributed by atoms with Crippen molar-refractivity contribution in [2.45, 2.75) is 40.0 Å². The van der Waals surface area contributed by atoms with Crippen molar-refractivity contribution in [1.29, 1.82) is 0 Å². The van der Waals surface area contributed by atoms with Gasteiger partial charge in [-0.15, -0.1) is 0 Å². The molecule has 0 spiro atoms. The first kappa shape index (κ1) is 18.8. The van der Waals surface area contributed by atoms with Crippen LogP contribution in [-0.4, -0.2) is 0 Å². The van der Waals surface area contributed by atoms with Crippen molar-refractivity contribution in [1.82, 2.24) is 0 Å². The first-order valence-corrected chi connectivity index (χ1v) is 10.3. The molecule has 2 aromatic carbocycles. The van der Waals surface area contributed by atoms with Crippen molar-refractivity contribution in [2.24, 2.45) is 17.3 Å². The quantitative estimate of drug-likeness (QED) is 0.524. The number of para-hydroxylation sites is 1. The molecule has 1 heteroatoms. The first-order chi connectivity index (χ1) is 13.3. The van der Waals surface area contributed by atoms with Crippen molar-refractivity contribution >= 4 is 0 Å². The third-order valence-electron chi connectivity index (χ3n) is 6.46. The van der Waals surface area contributed by atoms with Crippen LogP contribution in [0.4, 0.5) is 0 Å². The van der Waals surface area contributed by atoms with Crippen LogP contribution in [0, 0.1) is 17.3 Å². The summed E-state index contributed by atoms with van der Waals surface area (Å²) in [7, 11) is 0. The van der Waals surface area contributed by atoms with Crippen LogP contribution in [0.5, 0.6) is 5.75 Å². The van der Waals surface area contributed by atoms with E-state index in [1.807, 2.05) is 30.3 Å². The maximum atomic E-state index is 6.39. The lowest BCUT2D eigenvalue weighted by Crippen LogP contribution is -2.39. The molecule has 3 atom stereocenters. The van der Waals surface area contributed by atoms with E-state index in [2.05, 4.69) is 83.2 Å². The summed E-state index contributed by atoms with van der Waals surface area (Å²) < 4.78 is 6.39. The van der Waals surface area contributed by atoms with E-state index in [9.17, 15) is 0 Å². The first-order valence-electron chi connectivity index (χ1n) is 10.3. The van der Waals surface area contributed by atoms with Crippen LogP contribution in [0.3, 0.4) is 0 Å². The Labute approximate surface area is 169 Å². The average molecular weight is 371 g/mol. The van der Waals surface area contributed by atoms with Gasteiger partial charge in [-0.3, -0.25) is 0 Å². The van der Waals surface area contributed by atoms with Gasteiger partial charge in [0.05, 0.1) is 0 Å². The van der Waals surface area contributed by atoms with E-state index < -0.39 is 0 Å². The molecule has 3 unspecified atom stereocenters. The number of benzene rings is 2. The molecule has 4 rings (SSSR count). The number of allylic oxidation sites excluding steroid dienone is 5. The zero-order valence-corrected chi connectivity index (χ0v) is 17.6. The molecule has 0 fully saturated rings. The molecule has 2 aliphatic carbocycles. The summed E-state index contributed by atoms with van der Waals surface area (Å²) >= 11 is 0. The lowest BCUT2D eigenvalue weighted by Gasteiger charge is -2.47.